The molecule has 0 aliphatic rings. The van der Waals surface area contributed by atoms with Gasteiger partial charge in [0.15, 0.2) is 6.23 Å². The van der Waals surface area contributed by atoms with Crippen molar-refractivity contribution in [3.63, 3.8) is 0 Å². The van der Waals surface area contributed by atoms with E-state index in [0.717, 1.165) is 10.6 Å². The van der Waals surface area contributed by atoms with E-state index in [4.69, 9.17) is 21.4 Å². The smallest absolute Gasteiger partial charge is 0.330 e. The van der Waals surface area contributed by atoms with Crippen LogP contribution in [0, 0.1) is 0 Å². The van der Waals surface area contributed by atoms with Crippen molar-refractivity contribution < 1.29 is 14.9 Å². The maximum absolute atomic E-state index is 11.5. The molecule has 18 heavy (non-hydrogen) atoms. The van der Waals surface area contributed by atoms with Crippen molar-refractivity contribution >= 4 is 11.6 Å². The fourth-order valence-corrected chi connectivity index (χ4v) is 1.56. The summed E-state index contributed by atoms with van der Waals surface area (Å²) >= 11 is 5.68. The van der Waals surface area contributed by atoms with Crippen molar-refractivity contribution in [2.24, 2.45) is 0 Å². The van der Waals surface area contributed by atoms with Gasteiger partial charge < -0.3 is 14.9 Å². The number of rotatable bonds is 6. The number of aromatic amines is 1. The van der Waals surface area contributed by atoms with E-state index in [2.05, 4.69) is 4.98 Å². The van der Waals surface area contributed by atoms with Crippen LogP contribution >= 0.6 is 11.6 Å². The van der Waals surface area contributed by atoms with Gasteiger partial charge in [-0.3, -0.25) is 14.3 Å². The van der Waals surface area contributed by atoms with Crippen molar-refractivity contribution in [1.29, 1.82) is 0 Å². The SMILES string of the molecule is C[C@H](O)[C@@H](CO)O[C@H](CCl)n1ccc(=O)[nH]c1=O. The lowest BCUT2D eigenvalue weighted by Gasteiger charge is -2.25. The van der Waals surface area contributed by atoms with Gasteiger partial charge in [0.2, 0.25) is 0 Å². The number of aliphatic hydroxyl groups is 2. The zero-order chi connectivity index (χ0) is 13.7. The molecule has 0 unspecified atom stereocenters. The van der Waals surface area contributed by atoms with Crippen molar-refractivity contribution in [3.05, 3.63) is 33.1 Å². The summed E-state index contributed by atoms with van der Waals surface area (Å²) in [7, 11) is 0. The summed E-state index contributed by atoms with van der Waals surface area (Å²) in [6.07, 6.45) is -1.43. The highest BCUT2D eigenvalue weighted by atomic mass is 35.5. The van der Waals surface area contributed by atoms with E-state index >= 15 is 0 Å². The first-order valence-corrected chi connectivity index (χ1v) is 5.85. The molecule has 1 aromatic heterocycles. The van der Waals surface area contributed by atoms with Crippen LogP contribution in [0.3, 0.4) is 0 Å². The van der Waals surface area contributed by atoms with Gasteiger partial charge in [-0.15, -0.1) is 11.6 Å². The van der Waals surface area contributed by atoms with Crippen LogP contribution in [0.15, 0.2) is 21.9 Å². The van der Waals surface area contributed by atoms with E-state index < -0.39 is 36.3 Å². The number of H-pyrrole nitrogens is 1. The summed E-state index contributed by atoms with van der Waals surface area (Å²) < 4.78 is 6.41. The Morgan fingerprint density at radius 2 is 2.22 bits per heavy atom. The number of nitrogens with zero attached hydrogens (tertiary/aromatic N) is 1. The van der Waals surface area contributed by atoms with Gasteiger partial charge >= 0.3 is 5.69 Å². The second-order valence-electron chi connectivity index (χ2n) is 3.72. The van der Waals surface area contributed by atoms with Gasteiger partial charge in [0, 0.05) is 12.3 Å². The molecule has 0 saturated heterocycles. The Bertz CT molecular complexity index is 484. The molecule has 0 amide bonds. The largest absolute Gasteiger partial charge is 0.394 e. The summed E-state index contributed by atoms with van der Waals surface area (Å²) in [6.45, 7) is 1.03. The molecule has 0 fully saturated rings. The monoisotopic (exact) mass is 278 g/mol. The van der Waals surface area contributed by atoms with Crippen LogP contribution in [0.25, 0.3) is 0 Å². The summed E-state index contributed by atoms with van der Waals surface area (Å²) in [5.74, 6) is -0.0742. The second kappa shape index (κ2) is 6.69. The Labute approximate surface area is 108 Å². The summed E-state index contributed by atoms with van der Waals surface area (Å²) in [6, 6.07) is 1.15. The molecular formula is C10H15ClN2O5. The van der Waals surface area contributed by atoms with Crippen LogP contribution in [0.5, 0.6) is 0 Å². The molecular weight excluding hydrogens is 264 g/mol. The third kappa shape index (κ3) is 3.67. The molecule has 3 atom stereocenters. The fraction of sp³-hybridized carbons (Fsp3) is 0.600. The van der Waals surface area contributed by atoms with Crippen molar-refractivity contribution in [2.45, 2.75) is 25.4 Å². The molecule has 0 aliphatic carbocycles. The predicted octanol–water partition coefficient (Wildman–Crippen LogP) is -0.968. The Morgan fingerprint density at radius 1 is 1.56 bits per heavy atom. The molecule has 7 nitrogen and oxygen atoms in total. The molecule has 102 valence electrons. The van der Waals surface area contributed by atoms with Gasteiger partial charge in [-0.25, -0.2) is 4.79 Å². The maximum Gasteiger partial charge on any atom is 0.330 e. The molecule has 0 bridgehead atoms. The first kappa shape index (κ1) is 14.9. The quantitative estimate of drug-likeness (QED) is 0.581. The minimum atomic E-state index is -0.917. The Kier molecular flexibility index (Phi) is 5.54. The highest BCUT2D eigenvalue weighted by Gasteiger charge is 2.21. The molecule has 1 rings (SSSR count). The molecule has 0 aliphatic heterocycles. The molecule has 0 spiro atoms. The number of alkyl halides is 1. The van der Waals surface area contributed by atoms with E-state index in [9.17, 15) is 14.7 Å². The van der Waals surface area contributed by atoms with Crippen LogP contribution in [-0.2, 0) is 4.74 Å². The molecule has 1 heterocycles. The standard InChI is InChI=1S/C10H15ClN2O5/c1-6(15)7(5-14)18-9(4-11)13-3-2-8(16)12-10(13)17/h2-3,6-7,9,14-15H,4-5H2,1H3,(H,12,16,17)/t6-,7+,9+/m0/s1. The molecule has 0 aromatic carbocycles. The van der Waals surface area contributed by atoms with E-state index in [-0.39, 0.29) is 5.88 Å². The van der Waals surface area contributed by atoms with Crippen molar-refractivity contribution in [1.82, 2.24) is 9.55 Å². The Balaban J connectivity index is 2.96. The molecule has 0 saturated carbocycles. The second-order valence-corrected chi connectivity index (χ2v) is 4.03. The average Bonchev–Trinajstić information content (AvgIpc) is 2.31. The minimum absolute atomic E-state index is 0.0742. The lowest BCUT2D eigenvalue weighted by Crippen LogP contribution is -2.38. The number of nitrogens with one attached hydrogen (secondary N) is 1. The third-order valence-corrected chi connectivity index (χ3v) is 2.61. The average molecular weight is 279 g/mol. The molecule has 1 aromatic rings. The van der Waals surface area contributed by atoms with Gasteiger partial charge in [0.05, 0.1) is 18.6 Å². The molecule has 8 heteroatoms. The molecule has 0 radical (unpaired) electrons. The Morgan fingerprint density at radius 3 is 2.67 bits per heavy atom. The van der Waals surface area contributed by atoms with Crippen LogP contribution in [0.4, 0.5) is 0 Å². The molecule has 3 N–H and O–H groups in total. The minimum Gasteiger partial charge on any atom is -0.394 e. The first-order chi connectivity index (χ1) is 8.49. The summed E-state index contributed by atoms with van der Waals surface area (Å²) in [5.41, 5.74) is -1.20. The predicted molar refractivity (Wildman–Crippen MR) is 64.7 cm³/mol. The van der Waals surface area contributed by atoms with Crippen LogP contribution in [0.1, 0.15) is 13.2 Å². The van der Waals surface area contributed by atoms with Gasteiger partial charge in [0.1, 0.15) is 6.10 Å². The first-order valence-electron chi connectivity index (χ1n) is 5.31. The normalized spacial score (nSPS) is 16.2. The number of hydrogen-bond donors (Lipinski definition) is 3. The van der Waals surface area contributed by atoms with E-state index in [1.807, 2.05) is 0 Å². The summed E-state index contributed by atoms with van der Waals surface area (Å²) in [5, 5.41) is 18.4. The lowest BCUT2D eigenvalue weighted by atomic mass is 10.2. The van der Waals surface area contributed by atoms with Gasteiger partial charge in [0.25, 0.3) is 5.56 Å². The lowest BCUT2D eigenvalue weighted by molar-refractivity contribution is -0.111. The number of aromatic nitrogens is 2. The van der Waals surface area contributed by atoms with Crippen molar-refractivity contribution in [3.8, 4) is 0 Å². The maximum atomic E-state index is 11.5. The number of aliphatic hydroxyl groups excluding tert-OH is 2. The van der Waals surface area contributed by atoms with E-state index in [1.165, 1.54) is 13.1 Å². The summed E-state index contributed by atoms with van der Waals surface area (Å²) in [4.78, 5) is 24.5. The van der Waals surface area contributed by atoms with E-state index in [0.29, 0.717) is 0 Å². The van der Waals surface area contributed by atoms with Crippen molar-refractivity contribution in [2.75, 3.05) is 12.5 Å². The van der Waals surface area contributed by atoms with E-state index in [1.54, 1.807) is 0 Å². The zero-order valence-corrected chi connectivity index (χ0v) is 10.5. The van der Waals surface area contributed by atoms with Gasteiger partial charge in [-0.1, -0.05) is 0 Å². The van der Waals surface area contributed by atoms with Gasteiger partial charge in [-0.2, -0.15) is 0 Å². The number of halogens is 1. The van der Waals surface area contributed by atoms with Crippen LogP contribution in [-0.4, -0.2) is 44.5 Å². The third-order valence-electron chi connectivity index (χ3n) is 2.34. The fourth-order valence-electron chi connectivity index (χ4n) is 1.34. The Hall–Kier alpha value is -1.15. The zero-order valence-electron chi connectivity index (χ0n) is 9.75. The van der Waals surface area contributed by atoms with Gasteiger partial charge in [-0.05, 0) is 6.92 Å². The highest BCUT2D eigenvalue weighted by molar-refractivity contribution is 6.18. The van der Waals surface area contributed by atoms with Crippen LogP contribution < -0.4 is 11.2 Å². The topological polar surface area (TPSA) is 105 Å². The van der Waals surface area contributed by atoms with Crippen LogP contribution in [0.2, 0.25) is 0 Å². The highest BCUT2D eigenvalue weighted by Crippen LogP contribution is 2.12. The number of hydrogen-bond acceptors (Lipinski definition) is 5. The number of ether oxygens (including phenoxy) is 1.